The number of hydrogen-bond donors (Lipinski definition) is 1. The highest BCUT2D eigenvalue weighted by Gasteiger charge is 2.70. The van der Waals surface area contributed by atoms with E-state index < -0.39 is 5.72 Å². The lowest BCUT2D eigenvalue weighted by molar-refractivity contribution is -0.213. The number of aliphatic hydroxyl groups is 1. The molecule has 98 valence electrons. The van der Waals surface area contributed by atoms with Gasteiger partial charge in [-0.3, -0.25) is 4.90 Å². The largest absolute Gasteiger partial charge is 0.379 e. The average Bonchev–Trinajstić information content (AvgIpc) is 2.62. The molecule has 0 radical (unpaired) electrons. The lowest BCUT2D eigenvalue weighted by Gasteiger charge is -2.52. The highest BCUT2D eigenvalue weighted by molar-refractivity contribution is 5.17. The van der Waals surface area contributed by atoms with Gasteiger partial charge in [-0.1, -0.05) is 20.8 Å². The molecule has 0 unspecified atom stereocenters. The molecular formula is C14H25NO2. The molecule has 3 nitrogen and oxygen atoms in total. The zero-order valence-electron chi connectivity index (χ0n) is 11.3. The Bertz CT molecular complexity index is 324. The summed E-state index contributed by atoms with van der Waals surface area (Å²) in [4.78, 5) is 2.29. The average molecular weight is 239 g/mol. The second kappa shape index (κ2) is 3.46. The van der Waals surface area contributed by atoms with Crippen LogP contribution in [-0.2, 0) is 4.74 Å². The molecule has 3 heteroatoms. The fourth-order valence-electron chi connectivity index (χ4n) is 4.65. The van der Waals surface area contributed by atoms with E-state index in [1.165, 1.54) is 12.8 Å². The Morgan fingerprint density at radius 2 is 1.82 bits per heavy atom. The van der Waals surface area contributed by atoms with Crippen molar-refractivity contribution in [3.05, 3.63) is 0 Å². The van der Waals surface area contributed by atoms with Crippen LogP contribution in [0.5, 0.6) is 0 Å². The summed E-state index contributed by atoms with van der Waals surface area (Å²) >= 11 is 0. The molecule has 3 rings (SSSR count). The zero-order valence-corrected chi connectivity index (χ0v) is 11.3. The molecule has 3 fully saturated rings. The molecule has 0 aromatic carbocycles. The van der Waals surface area contributed by atoms with Crippen LogP contribution < -0.4 is 0 Å². The molecule has 2 saturated carbocycles. The Hall–Kier alpha value is -0.120. The van der Waals surface area contributed by atoms with Gasteiger partial charge in [-0.15, -0.1) is 0 Å². The molecule has 2 bridgehead atoms. The molecule has 1 aliphatic heterocycles. The maximum Gasteiger partial charge on any atom is 0.124 e. The van der Waals surface area contributed by atoms with Crippen molar-refractivity contribution in [2.24, 2.45) is 16.7 Å². The Morgan fingerprint density at radius 1 is 1.18 bits per heavy atom. The van der Waals surface area contributed by atoms with E-state index >= 15 is 0 Å². The van der Waals surface area contributed by atoms with E-state index in [1.54, 1.807) is 0 Å². The van der Waals surface area contributed by atoms with E-state index in [2.05, 4.69) is 25.7 Å². The topological polar surface area (TPSA) is 32.7 Å². The highest BCUT2D eigenvalue weighted by atomic mass is 16.5. The Morgan fingerprint density at radius 3 is 2.29 bits per heavy atom. The van der Waals surface area contributed by atoms with Gasteiger partial charge in [0.2, 0.25) is 0 Å². The van der Waals surface area contributed by atoms with E-state index in [0.717, 1.165) is 32.7 Å². The summed E-state index contributed by atoms with van der Waals surface area (Å²) in [6, 6.07) is 0. The monoisotopic (exact) mass is 239 g/mol. The molecule has 3 atom stereocenters. The number of rotatable bonds is 1. The third-order valence-electron chi connectivity index (χ3n) is 6.38. The molecule has 0 aromatic rings. The molecular weight excluding hydrogens is 214 g/mol. The molecule has 1 heterocycles. The summed E-state index contributed by atoms with van der Waals surface area (Å²) in [5.74, 6) is 0.681. The number of hydrogen-bond acceptors (Lipinski definition) is 3. The van der Waals surface area contributed by atoms with Crippen molar-refractivity contribution < 1.29 is 9.84 Å². The summed E-state index contributed by atoms with van der Waals surface area (Å²) in [7, 11) is 0. The molecule has 0 aromatic heterocycles. The van der Waals surface area contributed by atoms with Crippen LogP contribution in [0.2, 0.25) is 0 Å². The van der Waals surface area contributed by atoms with Gasteiger partial charge < -0.3 is 9.84 Å². The maximum absolute atomic E-state index is 11.3. The molecule has 1 N–H and O–H groups in total. The number of ether oxygens (including phenoxy) is 1. The van der Waals surface area contributed by atoms with Crippen LogP contribution in [0.4, 0.5) is 0 Å². The van der Waals surface area contributed by atoms with Gasteiger partial charge in [-0.2, -0.15) is 0 Å². The van der Waals surface area contributed by atoms with Crippen LogP contribution in [0.3, 0.4) is 0 Å². The minimum atomic E-state index is -0.594. The first-order valence-electron chi connectivity index (χ1n) is 6.97. The Labute approximate surface area is 104 Å². The summed E-state index contributed by atoms with van der Waals surface area (Å²) in [5, 5.41) is 11.3. The van der Waals surface area contributed by atoms with E-state index in [4.69, 9.17) is 4.74 Å². The maximum atomic E-state index is 11.3. The first-order valence-corrected chi connectivity index (χ1v) is 6.97. The summed E-state index contributed by atoms with van der Waals surface area (Å²) < 4.78 is 5.42. The smallest absolute Gasteiger partial charge is 0.124 e. The van der Waals surface area contributed by atoms with Gasteiger partial charge in [0, 0.05) is 18.5 Å². The zero-order chi connectivity index (χ0) is 12.3. The van der Waals surface area contributed by atoms with Crippen molar-refractivity contribution in [2.75, 3.05) is 26.3 Å². The SMILES string of the molecule is CC1(C)[C@@H]2CC[C@]1(C)[C@@](O)(N1CCOCC1)C2. The molecule has 2 aliphatic carbocycles. The van der Waals surface area contributed by atoms with Gasteiger partial charge in [0.25, 0.3) is 0 Å². The minimum Gasteiger partial charge on any atom is -0.379 e. The number of morpholine rings is 1. The second-order valence-corrected chi connectivity index (χ2v) is 6.91. The first-order chi connectivity index (χ1) is 7.92. The molecule has 0 spiro atoms. The predicted octanol–water partition coefficient (Wildman–Crippen LogP) is 1.85. The Kier molecular flexibility index (Phi) is 2.43. The fourth-order valence-corrected chi connectivity index (χ4v) is 4.65. The minimum absolute atomic E-state index is 0.0437. The van der Waals surface area contributed by atoms with Crippen LogP contribution >= 0.6 is 0 Å². The molecule has 17 heavy (non-hydrogen) atoms. The van der Waals surface area contributed by atoms with Crippen molar-refractivity contribution in [1.29, 1.82) is 0 Å². The predicted molar refractivity (Wildman–Crippen MR) is 66.6 cm³/mol. The van der Waals surface area contributed by atoms with Gasteiger partial charge in [0.15, 0.2) is 0 Å². The van der Waals surface area contributed by atoms with Crippen molar-refractivity contribution in [2.45, 2.75) is 45.8 Å². The highest BCUT2D eigenvalue weighted by Crippen LogP contribution is 2.70. The van der Waals surface area contributed by atoms with E-state index in [0.29, 0.717) is 5.92 Å². The second-order valence-electron chi connectivity index (χ2n) is 6.91. The van der Waals surface area contributed by atoms with Crippen molar-refractivity contribution in [1.82, 2.24) is 4.90 Å². The van der Waals surface area contributed by atoms with Gasteiger partial charge in [0.05, 0.1) is 13.2 Å². The lowest BCUT2D eigenvalue weighted by Crippen LogP contribution is -2.61. The Balaban J connectivity index is 1.93. The fraction of sp³-hybridized carbons (Fsp3) is 1.00. The molecule has 3 aliphatic rings. The number of nitrogens with zero attached hydrogens (tertiary/aromatic N) is 1. The normalized spacial score (nSPS) is 49.8. The van der Waals surface area contributed by atoms with Crippen molar-refractivity contribution >= 4 is 0 Å². The quantitative estimate of drug-likeness (QED) is 0.758. The lowest BCUT2D eigenvalue weighted by atomic mass is 9.67. The summed E-state index contributed by atoms with van der Waals surface area (Å²) in [6.45, 7) is 10.3. The van der Waals surface area contributed by atoms with Crippen molar-refractivity contribution in [3.63, 3.8) is 0 Å². The standard InChI is InChI=1S/C14H25NO2/c1-12(2)11-4-5-13(12,3)14(16,10-11)15-6-8-17-9-7-15/h11,16H,4-10H2,1-3H3/t11-,13+,14-/m1/s1. The van der Waals surface area contributed by atoms with Crippen LogP contribution in [0.15, 0.2) is 0 Å². The van der Waals surface area contributed by atoms with Crippen LogP contribution in [-0.4, -0.2) is 42.0 Å². The van der Waals surface area contributed by atoms with Gasteiger partial charge in [-0.25, -0.2) is 0 Å². The summed E-state index contributed by atoms with van der Waals surface area (Å²) in [6.07, 6.45) is 3.41. The third kappa shape index (κ3) is 1.28. The third-order valence-corrected chi connectivity index (χ3v) is 6.38. The van der Waals surface area contributed by atoms with Gasteiger partial charge >= 0.3 is 0 Å². The molecule has 1 saturated heterocycles. The molecule has 0 amide bonds. The summed E-state index contributed by atoms with van der Waals surface area (Å²) in [5.41, 5.74) is -0.286. The van der Waals surface area contributed by atoms with Gasteiger partial charge in [0.1, 0.15) is 5.72 Å². The number of fused-ring (bicyclic) bond motifs is 2. The van der Waals surface area contributed by atoms with Crippen LogP contribution in [0, 0.1) is 16.7 Å². The van der Waals surface area contributed by atoms with E-state index in [1.807, 2.05) is 0 Å². The van der Waals surface area contributed by atoms with Crippen LogP contribution in [0.25, 0.3) is 0 Å². The van der Waals surface area contributed by atoms with Crippen molar-refractivity contribution in [3.8, 4) is 0 Å². The first kappa shape index (κ1) is 11.9. The van der Waals surface area contributed by atoms with Crippen LogP contribution in [0.1, 0.15) is 40.0 Å². The van der Waals surface area contributed by atoms with E-state index in [-0.39, 0.29) is 10.8 Å². The van der Waals surface area contributed by atoms with Gasteiger partial charge in [-0.05, 0) is 30.6 Å². The van der Waals surface area contributed by atoms with E-state index in [9.17, 15) is 5.11 Å².